The molecule has 2 aromatic heterocycles. The van der Waals surface area contributed by atoms with E-state index in [1.54, 1.807) is 12.1 Å². The number of hydrogen-bond donors (Lipinski definition) is 2. The Bertz CT molecular complexity index is 643. The fourth-order valence-electron chi connectivity index (χ4n) is 1.46. The van der Waals surface area contributed by atoms with E-state index >= 15 is 0 Å². The summed E-state index contributed by atoms with van der Waals surface area (Å²) in [6, 6.07) is 6.23. The second-order valence-electron chi connectivity index (χ2n) is 3.93. The summed E-state index contributed by atoms with van der Waals surface area (Å²) in [5.41, 5.74) is 0.362. The number of rotatable bonds is 3. The van der Waals surface area contributed by atoms with Gasteiger partial charge in [-0.2, -0.15) is 0 Å². The molecule has 0 aliphatic heterocycles. The third-order valence-electron chi connectivity index (χ3n) is 2.30. The van der Waals surface area contributed by atoms with Crippen LogP contribution in [0, 0.1) is 0 Å². The van der Waals surface area contributed by atoms with Gasteiger partial charge in [0.1, 0.15) is 11.6 Å². The molecule has 2 aromatic rings. The first kappa shape index (κ1) is 14.0. The van der Waals surface area contributed by atoms with Crippen LogP contribution in [0.5, 0.6) is 0 Å². The van der Waals surface area contributed by atoms with Gasteiger partial charge in [-0.3, -0.25) is 9.59 Å². The number of hydrogen-bond acceptors (Lipinski definition) is 4. The molecule has 2 N–H and O–H groups in total. The molecule has 20 heavy (non-hydrogen) atoms. The molecule has 0 radical (unpaired) electrons. The van der Waals surface area contributed by atoms with Crippen molar-refractivity contribution in [3.05, 3.63) is 47.2 Å². The molecule has 0 spiro atoms. The first-order chi connectivity index (χ1) is 9.54. The van der Waals surface area contributed by atoms with Gasteiger partial charge >= 0.3 is 0 Å². The van der Waals surface area contributed by atoms with E-state index in [1.165, 1.54) is 31.5 Å². The summed E-state index contributed by atoms with van der Waals surface area (Å²) in [6.07, 6.45) is 2.88. The molecule has 2 heterocycles. The van der Waals surface area contributed by atoms with Crippen molar-refractivity contribution in [3.8, 4) is 0 Å². The fourth-order valence-corrected chi connectivity index (χ4v) is 1.57. The zero-order valence-corrected chi connectivity index (χ0v) is 11.3. The Morgan fingerprint density at radius 3 is 2.55 bits per heavy atom. The van der Waals surface area contributed by atoms with Gasteiger partial charge in [0.25, 0.3) is 5.91 Å². The number of carbonyl (C=O) groups is 2. The predicted molar refractivity (Wildman–Crippen MR) is 75.7 cm³/mol. The molecule has 0 atom stereocenters. The highest BCUT2D eigenvalue weighted by molar-refractivity contribution is 6.30. The number of nitrogens with one attached hydrogen (secondary N) is 2. The van der Waals surface area contributed by atoms with Gasteiger partial charge in [-0.1, -0.05) is 11.6 Å². The SMILES string of the molecule is CC(=O)Nc1cc(C(=O)Nc2ccc(Cl)cn2)ccn1. The Labute approximate surface area is 120 Å². The molecule has 102 valence electrons. The predicted octanol–water partition coefficient (Wildman–Crippen LogP) is 2.34. The highest BCUT2D eigenvalue weighted by atomic mass is 35.5. The average Bonchev–Trinajstić information content (AvgIpc) is 2.41. The number of halogens is 1. The summed E-state index contributed by atoms with van der Waals surface area (Å²) in [5, 5.41) is 5.61. The normalized spacial score (nSPS) is 9.90. The van der Waals surface area contributed by atoms with Crippen LogP contribution in [0.4, 0.5) is 11.6 Å². The summed E-state index contributed by atoms with van der Waals surface area (Å²) in [5.74, 6) is 0.0924. The van der Waals surface area contributed by atoms with E-state index in [2.05, 4.69) is 20.6 Å². The van der Waals surface area contributed by atoms with Crippen molar-refractivity contribution in [2.24, 2.45) is 0 Å². The number of amides is 2. The first-order valence-electron chi connectivity index (χ1n) is 5.71. The summed E-state index contributed by atoms with van der Waals surface area (Å²) in [4.78, 5) is 30.9. The van der Waals surface area contributed by atoms with E-state index in [-0.39, 0.29) is 11.8 Å². The Kier molecular flexibility index (Phi) is 4.27. The van der Waals surface area contributed by atoms with Crippen LogP contribution >= 0.6 is 11.6 Å². The second-order valence-corrected chi connectivity index (χ2v) is 4.36. The molecule has 0 saturated heterocycles. The topological polar surface area (TPSA) is 84.0 Å². The summed E-state index contributed by atoms with van der Waals surface area (Å²) in [6.45, 7) is 1.37. The molecule has 0 aromatic carbocycles. The van der Waals surface area contributed by atoms with Crippen LogP contribution in [0.3, 0.4) is 0 Å². The molecule has 2 rings (SSSR count). The van der Waals surface area contributed by atoms with Crippen molar-refractivity contribution in [2.75, 3.05) is 10.6 Å². The van der Waals surface area contributed by atoms with Crippen molar-refractivity contribution in [1.82, 2.24) is 9.97 Å². The smallest absolute Gasteiger partial charge is 0.257 e. The molecule has 0 saturated carbocycles. The van der Waals surface area contributed by atoms with Gasteiger partial charge < -0.3 is 10.6 Å². The Morgan fingerprint density at radius 1 is 1.10 bits per heavy atom. The van der Waals surface area contributed by atoms with Crippen LogP contribution in [0.1, 0.15) is 17.3 Å². The first-order valence-corrected chi connectivity index (χ1v) is 6.09. The largest absolute Gasteiger partial charge is 0.311 e. The minimum atomic E-state index is -0.353. The zero-order valence-electron chi connectivity index (χ0n) is 10.6. The Balaban J connectivity index is 2.12. The second kappa shape index (κ2) is 6.12. The monoisotopic (exact) mass is 290 g/mol. The third-order valence-corrected chi connectivity index (χ3v) is 2.52. The molecule has 0 fully saturated rings. The molecule has 0 bridgehead atoms. The maximum atomic E-state index is 12.0. The summed E-state index contributed by atoms with van der Waals surface area (Å²) in [7, 11) is 0. The van der Waals surface area contributed by atoms with Crippen LogP contribution in [-0.4, -0.2) is 21.8 Å². The van der Waals surface area contributed by atoms with E-state index in [1.807, 2.05) is 0 Å². The maximum absolute atomic E-state index is 12.0. The lowest BCUT2D eigenvalue weighted by molar-refractivity contribution is -0.114. The lowest BCUT2D eigenvalue weighted by Crippen LogP contribution is -2.14. The van der Waals surface area contributed by atoms with Crippen LogP contribution in [0.15, 0.2) is 36.7 Å². The van der Waals surface area contributed by atoms with E-state index in [0.29, 0.717) is 22.2 Å². The molecule has 7 heteroatoms. The molecule has 0 aliphatic rings. The van der Waals surface area contributed by atoms with Gasteiger partial charge in [0, 0.05) is 24.9 Å². The zero-order chi connectivity index (χ0) is 14.5. The number of aromatic nitrogens is 2. The highest BCUT2D eigenvalue weighted by Gasteiger charge is 2.08. The van der Waals surface area contributed by atoms with Gasteiger partial charge in [-0.05, 0) is 24.3 Å². The molecule has 0 unspecified atom stereocenters. The van der Waals surface area contributed by atoms with Gasteiger partial charge in [-0.25, -0.2) is 9.97 Å². The lowest BCUT2D eigenvalue weighted by Gasteiger charge is -2.06. The maximum Gasteiger partial charge on any atom is 0.257 e. The van der Waals surface area contributed by atoms with Crippen molar-refractivity contribution in [3.63, 3.8) is 0 Å². The van der Waals surface area contributed by atoms with E-state index in [0.717, 1.165) is 0 Å². The van der Waals surface area contributed by atoms with Gasteiger partial charge in [0.15, 0.2) is 0 Å². The molecular weight excluding hydrogens is 280 g/mol. The highest BCUT2D eigenvalue weighted by Crippen LogP contribution is 2.12. The van der Waals surface area contributed by atoms with Gasteiger partial charge in [0.2, 0.25) is 5.91 Å². The molecular formula is C13H11ClN4O2. The van der Waals surface area contributed by atoms with Crippen molar-refractivity contribution in [2.45, 2.75) is 6.92 Å². The van der Waals surface area contributed by atoms with Crippen molar-refractivity contribution < 1.29 is 9.59 Å². The third kappa shape index (κ3) is 3.76. The lowest BCUT2D eigenvalue weighted by atomic mass is 10.2. The average molecular weight is 291 g/mol. The number of nitrogens with zero attached hydrogens (tertiary/aromatic N) is 2. The number of pyridine rings is 2. The van der Waals surface area contributed by atoms with E-state index in [9.17, 15) is 9.59 Å². The Hall–Kier alpha value is -2.47. The number of carbonyl (C=O) groups excluding carboxylic acids is 2. The van der Waals surface area contributed by atoms with Crippen LogP contribution < -0.4 is 10.6 Å². The Morgan fingerprint density at radius 2 is 1.90 bits per heavy atom. The summed E-state index contributed by atoms with van der Waals surface area (Å²) >= 11 is 5.71. The van der Waals surface area contributed by atoms with Crippen LogP contribution in [-0.2, 0) is 4.79 Å². The standard InChI is InChI=1S/C13H11ClN4O2/c1-8(19)17-12-6-9(4-5-15-12)13(20)18-11-3-2-10(14)7-16-11/h2-7H,1H3,(H,15,17,19)(H,16,18,20). The molecule has 6 nitrogen and oxygen atoms in total. The van der Waals surface area contributed by atoms with E-state index in [4.69, 9.17) is 11.6 Å². The van der Waals surface area contributed by atoms with Crippen molar-refractivity contribution in [1.29, 1.82) is 0 Å². The van der Waals surface area contributed by atoms with E-state index < -0.39 is 0 Å². The molecule has 2 amide bonds. The van der Waals surface area contributed by atoms with Crippen LogP contribution in [0.2, 0.25) is 5.02 Å². The van der Waals surface area contributed by atoms with Gasteiger partial charge in [-0.15, -0.1) is 0 Å². The van der Waals surface area contributed by atoms with Gasteiger partial charge in [0.05, 0.1) is 5.02 Å². The minimum Gasteiger partial charge on any atom is -0.311 e. The van der Waals surface area contributed by atoms with Crippen LogP contribution in [0.25, 0.3) is 0 Å². The minimum absolute atomic E-state index is 0.255. The quantitative estimate of drug-likeness (QED) is 0.909. The fraction of sp³-hybridized carbons (Fsp3) is 0.0769. The van der Waals surface area contributed by atoms with Crippen molar-refractivity contribution >= 4 is 35.1 Å². The number of anilines is 2. The molecule has 0 aliphatic carbocycles. The summed E-state index contributed by atoms with van der Waals surface area (Å²) < 4.78 is 0.